The highest BCUT2D eigenvalue weighted by atomic mass is 32.2. The van der Waals surface area contributed by atoms with Gasteiger partial charge in [0.2, 0.25) is 0 Å². The van der Waals surface area contributed by atoms with Crippen LogP contribution in [-0.4, -0.2) is 24.9 Å². The van der Waals surface area contributed by atoms with Gasteiger partial charge in [-0.05, 0) is 24.8 Å². The number of hydrogen-bond donors (Lipinski definition) is 1. The van der Waals surface area contributed by atoms with Crippen molar-refractivity contribution in [1.29, 1.82) is 0 Å². The molecule has 0 spiro atoms. The lowest BCUT2D eigenvalue weighted by Gasteiger charge is -2.15. The van der Waals surface area contributed by atoms with Crippen LogP contribution in [0.4, 0.5) is 5.69 Å². The predicted molar refractivity (Wildman–Crippen MR) is 67.9 cm³/mol. The van der Waals surface area contributed by atoms with Gasteiger partial charge in [-0.15, -0.1) is 11.8 Å². The Morgan fingerprint density at radius 2 is 2.19 bits per heavy atom. The molecule has 4 heteroatoms. The Bertz CT molecular complexity index is 355. The fourth-order valence-electron chi connectivity index (χ4n) is 1.34. The van der Waals surface area contributed by atoms with Gasteiger partial charge in [-0.1, -0.05) is 19.1 Å². The first-order valence-corrected chi connectivity index (χ1v) is 6.23. The van der Waals surface area contributed by atoms with Gasteiger partial charge in [0.15, 0.2) is 0 Å². The van der Waals surface area contributed by atoms with Gasteiger partial charge < -0.3 is 10.1 Å². The van der Waals surface area contributed by atoms with E-state index in [1.165, 1.54) is 7.11 Å². The van der Waals surface area contributed by atoms with E-state index in [9.17, 15) is 4.79 Å². The fourth-order valence-corrected chi connectivity index (χ4v) is 2.10. The second kappa shape index (κ2) is 6.43. The van der Waals surface area contributed by atoms with Crippen LogP contribution in [-0.2, 0) is 9.53 Å². The lowest BCUT2D eigenvalue weighted by atomic mass is 10.2. The topological polar surface area (TPSA) is 38.3 Å². The van der Waals surface area contributed by atoms with E-state index in [1.807, 2.05) is 24.3 Å². The van der Waals surface area contributed by atoms with E-state index in [1.54, 1.807) is 18.7 Å². The zero-order valence-corrected chi connectivity index (χ0v) is 10.6. The van der Waals surface area contributed by atoms with E-state index < -0.39 is 0 Å². The number of carbonyl (C=O) groups is 1. The minimum absolute atomic E-state index is 0.253. The van der Waals surface area contributed by atoms with E-state index in [-0.39, 0.29) is 12.0 Å². The molecule has 0 bridgehead atoms. The third-order valence-corrected chi connectivity index (χ3v) is 3.07. The van der Waals surface area contributed by atoms with Crippen LogP contribution < -0.4 is 5.32 Å². The lowest BCUT2D eigenvalue weighted by molar-refractivity contribution is -0.141. The van der Waals surface area contributed by atoms with Gasteiger partial charge in [0.05, 0.1) is 7.11 Å². The summed E-state index contributed by atoms with van der Waals surface area (Å²) < 4.78 is 4.68. The average Bonchev–Trinajstić information content (AvgIpc) is 2.31. The van der Waals surface area contributed by atoms with Crippen LogP contribution in [0.15, 0.2) is 29.2 Å². The van der Waals surface area contributed by atoms with Gasteiger partial charge in [-0.3, -0.25) is 0 Å². The van der Waals surface area contributed by atoms with Crippen molar-refractivity contribution in [3.63, 3.8) is 0 Å². The van der Waals surface area contributed by atoms with Crippen LogP contribution in [0.25, 0.3) is 0 Å². The second-order valence-electron chi connectivity index (χ2n) is 3.32. The largest absolute Gasteiger partial charge is 0.467 e. The summed E-state index contributed by atoms with van der Waals surface area (Å²) in [4.78, 5) is 12.4. The maximum Gasteiger partial charge on any atom is 0.327 e. The molecular formula is C12H17NO2S. The van der Waals surface area contributed by atoms with Crippen molar-refractivity contribution in [1.82, 2.24) is 0 Å². The number of benzene rings is 1. The summed E-state index contributed by atoms with van der Waals surface area (Å²) >= 11 is 1.75. The Morgan fingerprint density at radius 3 is 2.81 bits per heavy atom. The average molecular weight is 239 g/mol. The standard InChI is InChI=1S/C12H17NO2S/c1-4-16-11-8-6-5-7-10(11)13-9(2)12(14)15-3/h5-9,13H,4H2,1-3H3. The third-order valence-electron chi connectivity index (χ3n) is 2.11. The van der Waals surface area contributed by atoms with Gasteiger partial charge in [0.25, 0.3) is 0 Å². The molecule has 1 N–H and O–H groups in total. The summed E-state index contributed by atoms with van der Waals surface area (Å²) in [6, 6.07) is 7.62. The van der Waals surface area contributed by atoms with Crippen molar-refractivity contribution in [2.75, 3.05) is 18.2 Å². The molecule has 0 aliphatic heterocycles. The predicted octanol–water partition coefficient (Wildman–Crippen LogP) is 2.77. The molecule has 88 valence electrons. The molecule has 1 rings (SSSR count). The van der Waals surface area contributed by atoms with E-state index in [0.29, 0.717) is 0 Å². The van der Waals surface area contributed by atoms with Gasteiger partial charge in [0, 0.05) is 10.6 Å². The van der Waals surface area contributed by atoms with Gasteiger partial charge in [0.1, 0.15) is 6.04 Å². The summed E-state index contributed by atoms with van der Waals surface area (Å²) in [6.45, 7) is 3.89. The smallest absolute Gasteiger partial charge is 0.327 e. The molecule has 1 atom stereocenters. The molecule has 0 amide bonds. The maximum atomic E-state index is 11.3. The molecule has 16 heavy (non-hydrogen) atoms. The second-order valence-corrected chi connectivity index (χ2v) is 4.62. The van der Waals surface area contributed by atoms with Crippen molar-refractivity contribution in [2.24, 2.45) is 0 Å². The molecule has 0 aromatic heterocycles. The Kier molecular flexibility index (Phi) is 5.19. The molecule has 0 radical (unpaired) electrons. The number of carbonyl (C=O) groups excluding carboxylic acids is 1. The van der Waals surface area contributed by atoms with Crippen LogP contribution in [0.2, 0.25) is 0 Å². The van der Waals surface area contributed by atoms with E-state index in [2.05, 4.69) is 17.0 Å². The summed E-state index contributed by atoms with van der Waals surface area (Å²) in [5.74, 6) is 0.752. The minimum atomic E-state index is -0.330. The number of para-hydroxylation sites is 1. The number of hydrogen-bond acceptors (Lipinski definition) is 4. The molecule has 0 heterocycles. The van der Waals surface area contributed by atoms with Gasteiger partial charge >= 0.3 is 5.97 Å². The first-order chi connectivity index (χ1) is 7.69. The van der Waals surface area contributed by atoms with E-state index in [0.717, 1.165) is 16.3 Å². The molecule has 3 nitrogen and oxygen atoms in total. The van der Waals surface area contributed by atoms with Crippen molar-refractivity contribution >= 4 is 23.4 Å². The van der Waals surface area contributed by atoms with Crippen LogP contribution in [0.3, 0.4) is 0 Å². The fraction of sp³-hybridized carbons (Fsp3) is 0.417. The molecule has 0 fully saturated rings. The van der Waals surface area contributed by atoms with E-state index >= 15 is 0 Å². The molecular weight excluding hydrogens is 222 g/mol. The minimum Gasteiger partial charge on any atom is -0.467 e. The van der Waals surface area contributed by atoms with Crippen molar-refractivity contribution < 1.29 is 9.53 Å². The van der Waals surface area contributed by atoms with Crippen molar-refractivity contribution in [3.05, 3.63) is 24.3 Å². The zero-order chi connectivity index (χ0) is 12.0. The van der Waals surface area contributed by atoms with Crippen LogP contribution in [0, 0.1) is 0 Å². The summed E-state index contributed by atoms with van der Waals surface area (Å²) in [6.07, 6.45) is 0. The number of rotatable bonds is 5. The maximum absolute atomic E-state index is 11.3. The van der Waals surface area contributed by atoms with E-state index in [4.69, 9.17) is 0 Å². The number of thioether (sulfide) groups is 1. The van der Waals surface area contributed by atoms with Crippen molar-refractivity contribution in [3.8, 4) is 0 Å². The Morgan fingerprint density at radius 1 is 1.50 bits per heavy atom. The first-order valence-electron chi connectivity index (χ1n) is 5.25. The molecule has 0 aliphatic carbocycles. The number of esters is 1. The highest BCUT2D eigenvalue weighted by Crippen LogP contribution is 2.27. The molecule has 0 aliphatic rings. The number of anilines is 1. The highest BCUT2D eigenvalue weighted by Gasteiger charge is 2.13. The molecule has 1 aromatic rings. The molecule has 0 saturated carbocycles. The third kappa shape index (κ3) is 3.45. The van der Waals surface area contributed by atoms with Crippen molar-refractivity contribution in [2.45, 2.75) is 24.8 Å². The van der Waals surface area contributed by atoms with Crippen LogP contribution in [0.1, 0.15) is 13.8 Å². The highest BCUT2D eigenvalue weighted by molar-refractivity contribution is 7.99. The molecule has 1 aromatic carbocycles. The molecule has 1 unspecified atom stereocenters. The van der Waals surface area contributed by atoms with Crippen LogP contribution >= 0.6 is 11.8 Å². The number of methoxy groups -OCH3 is 1. The summed E-state index contributed by atoms with van der Waals surface area (Å²) in [7, 11) is 1.40. The summed E-state index contributed by atoms with van der Waals surface area (Å²) in [5, 5.41) is 3.15. The zero-order valence-electron chi connectivity index (χ0n) is 9.82. The SMILES string of the molecule is CCSc1ccccc1NC(C)C(=O)OC. The Balaban J connectivity index is 2.75. The quantitative estimate of drug-likeness (QED) is 0.633. The molecule has 0 saturated heterocycles. The monoisotopic (exact) mass is 239 g/mol. The van der Waals surface area contributed by atoms with Gasteiger partial charge in [-0.2, -0.15) is 0 Å². The summed E-state index contributed by atoms with van der Waals surface area (Å²) in [5.41, 5.74) is 0.979. The number of ether oxygens (including phenoxy) is 1. The van der Waals surface area contributed by atoms with Crippen LogP contribution in [0.5, 0.6) is 0 Å². The van der Waals surface area contributed by atoms with Gasteiger partial charge in [-0.25, -0.2) is 4.79 Å². The number of nitrogens with one attached hydrogen (secondary N) is 1. The Labute approximate surface area is 101 Å². The normalized spacial score (nSPS) is 11.9. The lowest BCUT2D eigenvalue weighted by Crippen LogP contribution is -2.27. The Hall–Kier alpha value is -1.16. The first kappa shape index (κ1) is 12.9.